The van der Waals surface area contributed by atoms with Gasteiger partial charge in [-0.1, -0.05) is 31.0 Å². The number of rotatable bonds is 4. The second kappa shape index (κ2) is 8.33. The molecule has 1 N–H and O–H groups in total. The molecule has 2 aliphatic rings. The zero-order valence-corrected chi connectivity index (χ0v) is 15.6. The van der Waals surface area contributed by atoms with Crippen LogP contribution in [0.2, 0.25) is 0 Å². The molecular formula is C22H26N2O3. The van der Waals surface area contributed by atoms with E-state index in [0.29, 0.717) is 19.6 Å². The minimum Gasteiger partial charge on any atom is -0.486 e. The number of para-hydroxylation sites is 2. The number of hydrogen-bond acceptors (Lipinski definition) is 4. The first kappa shape index (κ1) is 17.7. The van der Waals surface area contributed by atoms with Gasteiger partial charge in [0.15, 0.2) is 11.5 Å². The SMILES string of the molecule is O=C(Cc1ccc2c(c1)OCCO2)Nc1ccccc1N1CCCCCC1. The maximum absolute atomic E-state index is 12.7. The van der Waals surface area contributed by atoms with Crippen molar-refractivity contribution in [2.45, 2.75) is 32.1 Å². The van der Waals surface area contributed by atoms with Crippen LogP contribution < -0.4 is 19.7 Å². The number of ether oxygens (including phenoxy) is 2. The third kappa shape index (κ3) is 4.35. The first-order chi connectivity index (χ1) is 13.3. The van der Waals surface area contributed by atoms with E-state index in [9.17, 15) is 4.79 Å². The largest absolute Gasteiger partial charge is 0.486 e. The van der Waals surface area contributed by atoms with Crippen LogP contribution in [0, 0.1) is 0 Å². The van der Waals surface area contributed by atoms with E-state index in [1.807, 2.05) is 36.4 Å². The Kier molecular flexibility index (Phi) is 5.47. The Hall–Kier alpha value is -2.69. The summed E-state index contributed by atoms with van der Waals surface area (Å²) >= 11 is 0. The minimum atomic E-state index is -0.0195. The number of nitrogens with zero attached hydrogens (tertiary/aromatic N) is 1. The quantitative estimate of drug-likeness (QED) is 0.888. The summed E-state index contributed by atoms with van der Waals surface area (Å²) in [5.41, 5.74) is 2.93. The number of hydrogen-bond donors (Lipinski definition) is 1. The highest BCUT2D eigenvalue weighted by Gasteiger charge is 2.16. The van der Waals surface area contributed by atoms with Crippen LogP contribution in [0.25, 0.3) is 0 Å². The molecule has 0 spiro atoms. The van der Waals surface area contributed by atoms with Crippen LogP contribution in [0.5, 0.6) is 11.5 Å². The number of anilines is 2. The number of carbonyl (C=O) groups excluding carboxylic acids is 1. The van der Waals surface area contributed by atoms with Crippen molar-refractivity contribution >= 4 is 17.3 Å². The molecule has 2 aromatic rings. The molecule has 27 heavy (non-hydrogen) atoms. The number of amides is 1. The number of carbonyl (C=O) groups is 1. The van der Waals surface area contributed by atoms with Gasteiger partial charge in [0.2, 0.25) is 5.91 Å². The summed E-state index contributed by atoms with van der Waals surface area (Å²) in [5, 5.41) is 3.10. The summed E-state index contributed by atoms with van der Waals surface area (Å²) in [7, 11) is 0. The molecular weight excluding hydrogens is 340 g/mol. The lowest BCUT2D eigenvalue weighted by atomic mass is 10.1. The Labute approximate surface area is 160 Å². The van der Waals surface area contributed by atoms with Crippen molar-refractivity contribution in [3.05, 3.63) is 48.0 Å². The zero-order valence-electron chi connectivity index (χ0n) is 15.6. The lowest BCUT2D eigenvalue weighted by Crippen LogP contribution is -2.26. The monoisotopic (exact) mass is 366 g/mol. The second-order valence-corrected chi connectivity index (χ2v) is 7.12. The van der Waals surface area contributed by atoms with Crippen molar-refractivity contribution in [3.63, 3.8) is 0 Å². The lowest BCUT2D eigenvalue weighted by Gasteiger charge is -2.25. The molecule has 1 saturated heterocycles. The van der Waals surface area contributed by atoms with E-state index in [2.05, 4.69) is 16.3 Å². The molecule has 5 heteroatoms. The summed E-state index contributed by atoms with van der Waals surface area (Å²) in [6.45, 7) is 3.22. The molecule has 0 aliphatic carbocycles. The van der Waals surface area contributed by atoms with Crippen molar-refractivity contribution in [2.24, 2.45) is 0 Å². The molecule has 0 bridgehead atoms. The molecule has 2 aromatic carbocycles. The Morgan fingerprint density at radius 3 is 2.48 bits per heavy atom. The van der Waals surface area contributed by atoms with Crippen LogP contribution in [0.4, 0.5) is 11.4 Å². The summed E-state index contributed by atoms with van der Waals surface area (Å²) in [5.74, 6) is 1.45. The van der Waals surface area contributed by atoms with Gasteiger partial charge in [-0.25, -0.2) is 0 Å². The molecule has 1 fully saturated rings. The van der Waals surface area contributed by atoms with Gasteiger partial charge in [0.1, 0.15) is 13.2 Å². The van der Waals surface area contributed by atoms with Crippen molar-refractivity contribution < 1.29 is 14.3 Å². The van der Waals surface area contributed by atoms with Crippen molar-refractivity contribution in [2.75, 3.05) is 36.5 Å². The fraction of sp³-hybridized carbons (Fsp3) is 0.409. The maximum atomic E-state index is 12.7. The third-order valence-corrected chi connectivity index (χ3v) is 5.10. The van der Waals surface area contributed by atoms with E-state index in [4.69, 9.17) is 9.47 Å². The van der Waals surface area contributed by atoms with Gasteiger partial charge in [-0.05, 0) is 42.7 Å². The third-order valence-electron chi connectivity index (χ3n) is 5.10. The normalized spacial score (nSPS) is 16.5. The van der Waals surface area contributed by atoms with Crippen LogP contribution in [0.15, 0.2) is 42.5 Å². The predicted octanol–water partition coefficient (Wildman–Crippen LogP) is 4.02. The van der Waals surface area contributed by atoms with Gasteiger partial charge in [0.25, 0.3) is 0 Å². The van der Waals surface area contributed by atoms with Crippen molar-refractivity contribution in [3.8, 4) is 11.5 Å². The molecule has 0 aromatic heterocycles. The molecule has 2 heterocycles. The maximum Gasteiger partial charge on any atom is 0.228 e. The van der Waals surface area contributed by atoms with Crippen molar-refractivity contribution in [1.82, 2.24) is 0 Å². The van der Waals surface area contributed by atoms with Crippen LogP contribution >= 0.6 is 0 Å². The van der Waals surface area contributed by atoms with Gasteiger partial charge in [-0.3, -0.25) is 4.79 Å². The zero-order chi connectivity index (χ0) is 18.5. The standard InChI is InChI=1S/C22H26N2O3/c25-22(16-17-9-10-20-21(15-17)27-14-13-26-20)23-18-7-3-4-8-19(18)24-11-5-1-2-6-12-24/h3-4,7-10,15H,1-2,5-6,11-14,16H2,(H,23,25). The number of fused-ring (bicyclic) bond motifs is 1. The summed E-state index contributed by atoms with van der Waals surface area (Å²) in [6, 6.07) is 13.8. The van der Waals surface area contributed by atoms with E-state index < -0.39 is 0 Å². The highest BCUT2D eigenvalue weighted by molar-refractivity contribution is 5.95. The smallest absolute Gasteiger partial charge is 0.228 e. The minimum absolute atomic E-state index is 0.0195. The highest BCUT2D eigenvalue weighted by Crippen LogP contribution is 2.31. The molecule has 0 unspecified atom stereocenters. The molecule has 4 rings (SSSR count). The first-order valence-corrected chi connectivity index (χ1v) is 9.82. The molecule has 142 valence electrons. The van der Waals surface area contributed by atoms with Gasteiger partial charge >= 0.3 is 0 Å². The predicted molar refractivity (Wildman–Crippen MR) is 107 cm³/mol. The van der Waals surface area contributed by atoms with Crippen molar-refractivity contribution in [1.29, 1.82) is 0 Å². The fourth-order valence-corrected chi connectivity index (χ4v) is 3.74. The molecule has 2 aliphatic heterocycles. The Morgan fingerprint density at radius 1 is 0.926 bits per heavy atom. The number of benzene rings is 2. The van der Waals surface area contributed by atoms with Crippen LogP contribution in [-0.2, 0) is 11.2 Å². The average Bonchev–Trinajstić information content (AvgIpc) is 2.98. The van der Waals surface area contributed by atoms with Crippen LogP contribution in [-0.4, -0.2) is 32.2 Å². The summed E-state index contributed by atoms with van der Waals surface area (Å²) < 4.78 is 11.2. The highest BCUT2D eigenvalue weighted by atomic mass is 16.6. The van der Waals surface area contributed by atoms with Gasteiger partial charge in [0.05, 0.1) is 17.8 Å². The fourth-order valence-electron chi connectivity index (χ4n) is 3.74. The summed E-state index contributed by atoms with van der Waals surface area (Å²) in [6.07, 6.45) is 5.30. The Bertz CT molecular complexity index is 798. The topological polar surface area (TPSA) is 50.8 Å². The second-order valence-electron chi connectivity index (χ2n) is 7.12. The van der Waals surface area contributed by atoms with E-state index in [-0.39, 0.29) is 5.91 Å². The Balaban J connectivity index is 1.45. The Morgan fingerprint density at radius 2 is 1.67 bits per heavy atom. The van der Waals surface area contributed by atoms with E-state index in [1.54, 1.807) is 0 Å². The molecule has 0 saturated carbocycles. The molecule has 0 radical (unpaired) electrons. The number of nitrogens with one attached hydrogen (secondary N) is 1. The van der Waals surface area contributed by atoms with Gasteiger partial charge in [0, 0.05) is 13.1 Å². The van der Waals surface area contributed by atoms with Crippen LogP contribution in [0.3, 0.4) is 0 Å². The van der Waals surface area contributed by atoms with Gasteiger partial charge in [-0.2, -0.15) is 0 Å². The first-order valence-electron chi connectivity index (χ1n) is 9.82. The molecule has 1 amide bonds. The average molecular weight is 366 g/mol. The summed E-state index contributed by atoms with van der Waals surface area (Å²) in [4.78, 5) is 15.0. The van der Waals surface area contributed by atoms with Gasteiger partial charge < -0.3 is 19.7 Å². The van der Waals surface area contributed by atoms with Gasteiger partial charge in [-0.15, -0.1) is 0 Å². The van der Waals surface area contributed by atoms with Crippen LogP contribution in [0.1, 0.15) is 31.2 Å². The molecule has 5 nitrogen and oxygen atoms in total. The molecule has 0 atom stereocenters. The van der Waals surface area contributed by atoms with E-state index in [0.717, 1.165) is 41.5 Å². The van der Waals surface area contributed by atoms with E-state index >= 15 is 0 Å². The van der Waals surface area contributed by atoms with E-state index in [1.165, 1.54) is 25.7 Å². The lowest BCUT2D eigenvalue weighted by molar-refractivity contribution is -0.115.